The Morgan fingerprint density at radius 1 is 0.773 bits per heavy atom. The first-order valence-electron chi connectivity index (χ1n) is 6.40. The van der Waals surface area contributed by atoms with Crippen molar-refractivity contribution in [2.75, 3.05) is 0 Å². The zero-order chi connectivity index (χ0) is 16.5. The van der Waals surface area contributed by atoms with Crippen molar-refractivity contribution in [2.24, 2.45) is 0 Å². The van der Waals surface area contributed by atoms with E-state index in [1.807, 2.05) is 0 Å². The Kier molecular flexibility index (Phi) is 4.22. The van der Waals surface area contributed by atoms with Crippen molar-refractivity contribution >= 4 is 0 Å². The number of alkyl halides is 6. The van der Waals surface area contributed by atoms with Gasteiger partial charge in [-0.2, -0.15) is 26.3 Å². The summed E-state index contributed by atoms with van der Waals surface area (Å²) in [5.74, 6) is 0. The molecular weight excluding hydrogens is 306 g/mol. The Hall–Kier alpha value is -1.98. The van der Waals surface area contributed by atoms with E-state index in [4.69, 9.17) is 0 Å². The Labute approximate surface area is 123 Å². The number of benzene rings is 2. The van der Waals surface area contributed by atoms with E-state index < -0.39 is 23.5 Å². The average Bonchev–Trinajstić information content (AvgIpc) is 2.39. The average molecular weight is 318 g/mol. The van der Waals surface area contributed by atoms with E-state index in [1.54, 1.807) is 13.0 Å². The lowest BCUT2D eigenvalue weighted by Gasteiger charge is -2.14. The van der Waals surface area contributed by atoms with Gasteiger partial charge in [0.05, 0.1) is 11.1 Å². The van der Waals surface area contributed by atoms with Gasteiger partial charge in [0, 0.05) is 0 Å². The lowest BCUT2D eigenvalue weighted by Crippen LogP contribution is -2.10. The van der Waals surface area contributed by atoms with Gasteiger partial charge in [-0.1, -0.05) is 29.8 Å². The van der Waals surface area contributed by atoms with Crippen molar-refractivity contribution in [3.63, 3.8) is 0 Å². The molecule has 2 aromatic rings. The van der Waals surface area contributed by atoms with E-state index in [1.165, 1.54) is 18.2 Å². The van der Waals surface area contributed by atoms with E-state index in [0.29, 0.717) is 11.1 Å². The molecule has 0 aromatic heterocycles. The highest BCUT2D eigenvalue weighted by Crippen LogP contribution is 2.34. The van der Waals surface area contributed by atoms with Crippen LogP contribution in [0.2, 0.25) is 0 Å². The molecule has 0 fully saturated rings. The summed E-state index contributed by atoms with van der Waals surface area (Å²) < 4.78 is 76.4. The van der Waals surface area contributed by atoms with Crippen LogP contribution in [0.25, 0.3) is 0 Å². The molecule has 0 nitrogen and oxygen atoms in total. The van der Waals surface area contributed by atoms with Gasteiger partial charge in [-0.25, -0.2) is 0 Å². The number of rotatable bonds is 2. The molecule has 0 radical (unpaired) electrons. The van der Waals surface area contributed by atoms with Gasteiger partial charge in [-0.05, 0) is 42.7 Å². The molecule has 118 valence electrons. The number of hydrogen-bond donors (Lipinski definition) is 0. The summed E-state index contributed by atoms with van der Waals surface area (Å²) in [5, 5.41) is 0. The van der Waals surface area contributed by atoms with Crippen LogP contribution in [0.3, 0.4) is 0 Å². The topological polar surface area (TPSA) is 0 Å². The molecule has 6 heteroatoms. The first-order valence-corrected chi connectivity index (χ1v) is 6.40. The third-order valence-electron chi connectivity index (χ3n) is 3.25. The summed E-state index contributed by atoms with van der Waals surface area (Å²) in [7, 11) is 0. The molecule has 0 N–H and O–H groups in total. The molecule has 0 aliphatic carbocycles. The molecule has 0 aliphatic rings. The van der Waals surface area contributed by atoms with Crippen LogP contribution in [-0.4, -0.2) is 0 Å². The molecule has 0 bridgehead atoms. The van der Waals surface area contributed by atoms with E-state index in [-0.39, 0.29) is 12.0 Å². The van der Waals surface area contributed by atoms with Crippen LogP contribution in [-0.2, 0) is 18.8 Å². The van der Waals surface area contributed by atoms with Crippen molar-refractivity contribution in [1.82, 2.24) is 0 Å². The summed E-state index contributed by atoms with van der Waals surface area (Å²) in [6.45, 7) is 1.55. The molecule has 2 rings (SSSR count). The first kappa shape index (κ1) is 16.4. The van der Waals surface area contributed by atoms with Crippen LogP contribution in [0.5, 0.6) is 0 Å². The normalized spacial score (nSPS) is 12.5. The highest BCUT2D eigenvalue weighted by Gasteiger charge is 2.33. The molecule has 0 aliphatic heterocycles. The van der Waals surface area contributed by atoms with Crippen molar-refractivity contribution in [3.05, 3.63) is 70.3 Å². The van der Waals surface area contributed by atoms with Gasteiger partial charge >= 0.3 is 12.4 Å². The fourth-order valence-electron chi connectivity index (χ4n) is 2.14. The Balaban J connectivity index is 2.32. The van der Waals surface area contributed by atoms with Crippen molar-refractivity contribution < 1.29 is 26.3 Å². The zero-order valence-electron chi connectivity index (χ0n) is 11.5. The van der Waals surface area contributed by atoms with Crippen molar-refractivity contribution in [2.45, 2.75) is 25.7 Å². The number of hydrogen-bond acceptors (Lipinski definition) is 0. The van der Waals surface area contributed by atoms with Gasteiger partial charge in [0.25, 0.3) is 0 Å². The summed E-state index contributed by atoms with van der Waals surface area (Å²) in [5.41, 5.74) is -0.674. The third-order valence-corrected chi connectivity index (χ3v) is 3.25. The van der Waals surface area contributed by atoms with Gasteiger partial charge in [0.2, 0.25) is 0 Å². The van der Waals surface area contributed by atoms with E-state index in [9.17, 15) is 26.3 Å². The summed E-state index contributed by atoms with van der Waals surface area (Å²) in [4.78, 5) is 0. The minimum Gasteiger partial charge on any atom is -0.166 e. The van der Waals surface area contributed by atoms with Crippen LogP contribution in [0.1, 0.15) is 27.8 Å². The standard InChI is InChI=1S/C16H12F6/c1-10-2-5-12(14(8-10)16(20,21)22)9-11-3-6-13(7-4-11)15(17,18)19/h2-8H,9H2,1H3. The predicted molar refractivity (Wildman–Crippen MR) is 70.4 cm³/mol. The monoisotopic (exact) mass is 318 g/mol. The highest BCUT2D eigenvalue weighted by atomic mass is 19.4. The van der Waals surface area contributed by atoms with Gasteiger partial charge in [0.15, 0.2) is 0 Å². The van der Waals surface area contributed by atoms with Crippen LogP contribution < -0.4 is 0 Å². The lowest BCUT2D eigenvalue weighted by atomic mass is 9.97. The highest BCUT2D eigenvalue weighted by molar-refractivity contribution is 5.38. The first-order chi connectivity index (χ1) is 10.1. The second-order valence-electron chi connectivity index (χ2n) is 5.03. The van der Waals surface area contributed by atoms with Crippen molar-refractivity contribution in [1.29, 1.82) is 0 Å². The Morgan fingerprint density at radius 2 is 1.36 bits per heavy atom. The fraction of sp³-hybridized carbons (Fsp3) is 0.250. The summed E-state index contributed by atoms with van der Waals surface area (Å²) in [6.07, 6.45) is -9.03. The molecule has 0 saturated heterocycles. The molecule has 0 spiro atoms. The van der Waals surface area contributed by atoms with Crippen molar-refractivity contribution in [3.8, 4) is 0 Å². The molecule has 22 heavy (non-hydrogen) atoms. The van der Waals surface area contributed by atoms with Crippen LogP contribution in [0, 0.1) is 6.92 Å². The van der Waals surface area contributed by atoms with Gasteiger partial charge in [-0.15, -0.1) is 0 Å². The fourth-order valence-corrected chi connectivity index (χ4v) is 2.14. The van der Waals surface area contributed by atoms with Crippen LogP contribution in [0.4, 0.5) is 26.3 Å². The van der Waals surface area contributed by atoms with E-state index >= 15 is 0 Å². The molecule has 0 unspecified atom stereocenters. The molecule has 0 amide bonds. The quantitative estimate of drug-likeness (QED) is 0.630. The molecule has 0 heterocycles. The maximum Gasteiger partial charge on any atom is 0.416 e. The van der Waals surface area contributed by atoms with E-state index in [0.717, 1.165) is 18.2 Å². The molecular formula is C16H12F6. The van der Waals surface area contributed by atoms with Crippen LogP contribution >= 0.6 is 0 Å². The lowest BCUT2D eigenvalue weighted by molar-refractivity contribution is -0.138. The van der Waals surface area contributed by atoms with Gasteiger partial charge in [0.1, 0.15) is 0 Å². The smallest absolute Gasteiger partial charge is 0.166 e. The minimum atomic E-state index is -4.49. The van der Waals surface area contributed by atoms with Gasteiger partial charge in [-0.3, -0.25) is 0 Å². The SMILES string of the molecule is Cc1ccc(Cc2ccc(C(F)(F)F)cc2)c(C(F)(F)F)c1. The maximum atomic E-state index is 13.0. The summed E-state index contributed by atoms with van der Waals surface area (Å²) >= 11 is 0. The predicted octanol–water partition coefficient (Wildman–Crippen LogP) is 5.62. The van der Waals surface area contributed by atoms with Gasteiger partial charge < -0.3 is 0 Å². The number of aryl methyl sites for hydroxylation is 1. The number of halogens is 6. The Bertz CT molecular complexity index is 650. The maximum absolute atomic E-state index is 13.0. The molecule has 2 aromatic carbocycles. The van der Waals surface area contributed by atoms with Crippen LogP contribution in [0.15, 0.2) is 42.5 Å². The largest absolute Gasteiger partial charge is 0.416 e. The van der Waals surface area contributed by atoms with E-state index in [2.05, 4.69) is 0 Å². The second-order valence-corrected chi connectivity index (χ2v) is 5.03. The minimum absolute atomic E-state index is 0.0397. The third kappa shape index (κ3) is 3.81. The summed E-state index contributed by atoms with van der Waals surface area (Å²) in [6, 6.07) is 8.09. The second kappa shape index (κ2) is 5.66. The molecule has 0 saturated carbocycles. The molecule has 0 atom stereocenters. The zero-order valence-corrected chi connectivity index (χ0v) is 11.5. The Morgan fingerprint density at radius 3 is 1.86 bits per heavy atom.